The molecule has 3 N–H and O–H groups in total. The number of nitrogens with one attached hydrogen (secondary N) is 1. The molecule has 1 aliphatic rings. The smallest absolute Gasteiger partial charge is 0.238 e. The normalized spacial score (nSPS) is 18.1. The van der Waals surface area contributed by atoms with Crippen LogP contribution < -0.4 is 10.5 Å². The molecule has 16 heavy (non-hydrogen) atoms. The molecule has 4 nitrogen and oxygen atoms in total. The highest BCUT2D eigenvalue weighted by atomic mass is 32.2. The number of hydrogen-bond donors (Lipinski definition) is 2. The molecular formula is C10H13FN2O2S. The number of sulfonamides is 1. The summed E-state index contributed by atoms with van der Waals surface area (Å²) in [6.45, 7) is 1.64. The van der Waals surface area contributed by atoms with E-state index >= 15 is 0 Å². The fourth-order valence-electron chi connectivity index (χ4n) is 1.34. The Bertz CT molecular complexity index is 524. The first-order chi connectivity index (χ1) is 7.36. The number of anilines is 2. The van der Waals surface area contributed by atoms with Crippen molar-refractivity contribution in [2.75, 3.05) is 10.5 Å². The second kappa shape index (κ2) is 3.35. The summed E-state index contributed by atoms with van der Waals surface area (Å²) < 4.78 is 38.6. The Morgan fingerprint density at radius 2 is 2.06 bits per heavy atom. The van der Waals surface area contributed by atoms with Crippen molar-refractivity contribution in [3.63, 3.8) is 0 Å². The van der Waals surface area contributed by atoms with E-state index in [-0.39, 0.29) is 11.4 Å². The molecule has 2 rings (SSSR count). The van der Waals surface area contributed by atoms with Crippen LogP contribution in [0.25, 0.3) is 0 Å². The van der Waals surface area contributed by atoms with Crippen LogP contribution in [0.2, 0.25) is 0 Å². The lowest BCUT2D eigenvalue weighted by molar-refractivity contribution is 0.585. The van der Waals surface area contributed by atoms with Crippen molar-refractivity contribution in [1.29, 1.82) is 0 Å². The Labute approximate surface area is 93.7 Å². The van der Waals surface area contributed by atoms with Gasteiger partial charge in [-0.15, -0.1) is 0 Å². The number of nitrogen functional groups attached to an aromatic ring is 1. The third-order valence-electron chi connectivity index (χ3n) is 2.88. The van der Waals surface area contributed by atoms with Gasteiger partial charge in [-0.25, -0.2) is 12.8 Å². The van der Waals surface area contributed by atoms with Crippen LogP contribution in [0.5, 0.6) is 0 Å². The molecule has 0 heterocycles. The lowest BCUT2D eigenvalue weighted by Gasteiger charge is -2.14. The third kappa shape index (κ3) is 1.73. The summed E-state index contributed by atoms with van der Waals surface area (Å²) in [6, 6.07) is 4.24. The quantitative estimate of drug-likeness (QED) is 0.795. The van der Waals surface area contributed by atoms with Crippen LogP contribution in [0.4, 0.5) is 15.8 Å². The van der Waals surface area contributed by atoms with E-state index in [0.717, 1.165) is 0 Å². The average Bonchev–Trinajstić information content (AvgIpc) is 2.93. The molecule has 0 bridgehead atoms. The Kier molecular flexibility index (Phi) is 2.34. The summed E-state index contributed by atoms with van der Waals surface area (Å²) in [5.74, 6) is -0.727. The Hall–Kier alpha value is -1.30. The lowest BCUT2D eigenvalue weighted by Crippen LogP contribution is -2.27. The average molecular weight is 244 g/mol. The predicted molar refractivity (Wildman–Crippen MR) is 61.0 cm³/mol. The fourth-order valence-corrected chi connectivity index (χ4v) is 2.67. The summed E-state index contributed by atoms with van der Waals surface area (Å²) in [5.41, 5.74) is 5.20. The molecule has 1 aromatic carbocycles. The molecule has 1 aliphatic carbocycles. The van der Waals surface area contributed by atoms with Gasteiger partial charge in [-0.3, -0.25) is 4.72 Å². The first-order valence-corrected chi connectivity index (χ1v) is 6.40. The zero-order chi connectivity index (χ0) is 12.0. The summed E-state index contributed by atoms with van der Waals surface area (Å²) in [6.07, 6.45) is 1.21. The molecule has 1 aromatic rings. The summed E-state index contributed by atoms with van der Waals surface area (Å²) >= 11 is 0. The molecule has 0 spiro atoms. The fraction of sp³-hybridized carbons (Fsp3) is 0.400. The molecular weight excluding hydrogens is 231 g/mol. The zero-order valence-corrected chi connectivity index (χ0v) is 9.64. The van der Waals surface area contributed by atoms with E-state index in [0.29, 0.717) is 12.8 Å². The van der Waals surface area contributed by atoms with Crippen LogP contribution in [-0.4, -0.2) is 13.2 Å². The molecule has 1 saturated carbocycles. The predicted octanol–water partition coefficient (Wildman–Crippen LogP) is 1.70. The summed E-state index contributed by atoms with van der Waals surface area (Å²) in [4.78, 5) is 0. The maximum absolute atomic E-state index is 13.5. The largest absolute Gasteiger partial charge is 0.396 e. The molecule has 6 heteroatoms. The third-order valence-corrected chi connectivity index (χ3v) is 5.07. The molecule has 0 saturated heterocycles. The van der Waals surface area contributed by atoms with Gasteiger partial charge in [-0.1, -0.05) is 6.07 Å². The van der Waals surface area contributed by atoms with E-state index in [1.807, 2.05) is 0 Å². The van der Waals surface area contributed by atoms with Crippen molar-refractivity contribution in [2.45, 2.75) is 24.5 Å². The van der Waals surface area contributed by atoms with Gasteiger partial charge < -0.3 is 5.73 Å². The van der Waals surface area contributed by atoms with Crippen LogP contribution in [0.1, 0.15) is 19.8 Å². The highest BCUT2D eigenvalue weighted by molar-refractivity contribution is 7.94. The van der Waals surface area contributed by atoms with Crippen molar-refractivity contribution in [2.24, 2.45) is 0 Å². The molecule has 1 fully saturated rings. The van der Waals surface area contributed by atoms with Crippen molar-refractivity contribution in [3.05, 3.63) is 24.0 Å². The van der Waals surface area contributed by atoms with Gasteiger partial charge in [-0.05, 0) is 31.9 Å². The summed E-state index contributed by atoms with van der Waals surface area (Å²) in [7, 11) is -3.52. The minimum Gasteiger partial charge on any atom is -0.396 e. The molecule has 0 amide bonds. The van der Waals surface area contributed by atoms with Gasteiger partial charge in [0.05, 0.1) is 16.1 Å². The first-order valence-electron chi connectivity index (χ1n) is 4.92. The van der Waals surface area contributed by atoms with Crippen LogP contribution in [-0.2, 0) is 10.0 Å². The van der Waals surface area contributed by atoms with Crippen molar-refractivity contribution in [3.8, 4) is 0 Å². The molecule has 0 atom stereocenters. The van der Waals surface area contributed by atoms with Crippen LogP contribution >= 0.6 is 0 Å². The van der Waals surface area contributed by atoms with E-state index < -0.39 is 20.6 Å². The highest BCUT2D eigenvalue weighted by Gasteiger charge is 2.50. The Morgan fingerprint density at radius 3 is 2.62 bits per heavy atom. The number of rotatable bonds is 3. The van der Waals surface area contributed by atoms with E-state index in [1.165, 1.54) is 18.2 Å². The minimum absolute atomic E-state index is 0.0684. The highest BCUT2D eigenvalue weighted by Crippen LogP contribution is 2.43. The molecule has 0 aromatic heterocycles. The number of halogens is 1. The van der Waals surface area contributed by atoms with E-state index in [9.17, 15) is 12.8 Å². The maximum Gasteiger partial charge on any atom is 0.238 e. The van der Waals surface area contributed by atoms with E-state index in [4.69, 9.17) is 5.73 Å². The topological polar surface area (TPSA) is 72.2 Å². The second-order valence-corrected chi connectivity index (χ2v) is 6.46. The molecule has 0 unspecified atom stereocenters. The number of nitrogens with two attached hydrogens (primary N) is 1. The van der Waals surface area contributed by atoms with Crippen molar-refractivity contribution in [1.82, 2.24) is 0 Å². The molecule has 0 radical (unpaired) electrons. The van der Waals surface area contributed by atoms with Gasteiger partial charge in [0, 0.05) is 0 Å². The van der Waals surface area contributed by atoms with Gasteiger partial charge in [0.15, 0.2) is 5.82 Å². The van der Waals surface area contributed by atoms with Gasteiger partial charge in [-0.2, -0.15) is 0 Å². The van der Waals surface area contributed by atoms with Gasteiger partial charge in [0.25, 0.3) is 0 Å². The lowest BCUT2D eigenvalue weighted by atomic mass is 10.3. The van der Waals surface area contributed by atoms with Gasteiger partial charge in [0.1, 0.15) is 0 Å². The Morgan fingerprint density at radius 1 is 1.44 bits per heavy atom. The van der Waals surface area contributed by atoms with Gasteiger partial charge >= 0.3 is 0 Å². The van der Waals surface area contributed by atoms with Crippen molar-refractivity contribution >= 4 is 21.4 Å². The molecule has 0 aliphatic heterocycles. The second-order valence-electron chi connectivity index (χ2n) is 4.26. The van der Waals surface area contributed by atoms with E-state index in [1.54, 1.807) is 6.92 Å². The van der Waals surface area contributed by atoms with E-state index in [2.05, 4.69) is 4.72 Å². The number of hydrogen-bond acceptors (Lipinski definition) is 3. The van der Waals surface area contributed by atoms with Crippen LogP contribution in [0.15, 0.2) is 18.2 Å². The minimum atomic E-state index is -3.52. The maximum atomic E-state index is 13.5. The van der Waals surface area contributed by atoms with Crippen LogP contribution in [0, 0.1) is 5.82 Å². The summed E-state index contributed by atoms with van der Waals surface area (Å²) in [5, 5.41) is 0. The van der Waals surface area contributed by atoms with Crippen LogP contribution in [0.3, 0.4) is 0 Å². The van der Waals surface area contributed by atoms with Crippen molar-refractivity contribution < 1.29 is 12.8 Å². The number of benzene rings is 1. The zero-order valence-electron chi connectivity index (χ0n) is 8.83. The monoisotopic (exact) mass is 244 g/mol. The Balaban J connectivity index is 2.31. The first kappa shape index (κ1) is 11.2. The van der Waals surface area contributed by atoms with Gasteiger partial charge in [0.2, 0.25) is 10.0 Å². The standard InChI is InChI=1S/C10H13FN2O2S/c1-10(5-6-10)16(14,15)13-8-4-2-3-7(12)9(8)11/h2-4,13H,5-6,12H2,1H3. The molecule has 88 valence electrons. The SMILES string of the molecule is CC1(S(=O)(=O)Nc2cccc(N)c2F)CC1.